The molecular formula is C7H16N. The van der Waals surface area contributed by atoms with Crippen molar-refractivity contribution in [2.75, 3.05) is 6.54 Å². The van der Waals surface area contributed by atoms with E-state index in [0.29, 0.717) is 0 Å². The summed E-state index contributed by atoms with van der Waals surface area (Å²) in [5.74, 6) is 0.817. The number of hydrogen-bond donors (Lipinski definition) is 1. The van der Waals surface area contributed by atoms with Crippen molar-refractivity contribution in [1.29, 1.82) is 0 Å². The highest BCUT2D eigenvalue weighted by Gasteiger charge is 1.90. The van der Waals surface area contributed by atoms with Crippen LogP contribution in [0.15, 0.2) is 0 Å². The van der Waals surface area contributed by atoms with Crippen LogP contribution in [0.5, 0.6) is 0 Å². The lowest BCUT2D eigenvalue weighted by atomic mass is 10.1. The van der Waals surface area contributed by atoms with Gasteiger partial charge in [0, 0.05) is 0 Å². The molecule has 0 heterocycles. The van der Waals surface area contributed by atoms with Gasteiger partial charge in [0.25, 0.3) is 0 Å². The summed E-state index contributed by atoms with van der Waals surface area (Å²) in [4.78, 5) is 0. The Kier molecular flexibility index (Phi) is 5.08. The lowest BCUT2D eigenvalue weighted by Crippen LogP contribution is -1.99. The standard InChI is InChI=1S/C7H16N/c1-7(2)5-3-4-6-8/h4,7H,3,5-6,8H2,1-2H3. The Morgan fingerprint density at radius 1 is 1.50 bits per heavy atom. The second-order valence-electron chi connectivity index (χ2n) is 2.50. The van der Waals surface area contributed by atoms with Gasteiger partial charge < -0.3 is 5.73 Å². The minimum Gasteiger partial charge on any atom is -0.330 e. The molecule has 0 atom stereocenters. The van der Waals surface area contributed by atoms with Gasteiger partial charge in [0.05, 0.1) is 0 Å². The van der Waals surface area contributed by atoms with Crippen LogP contribution in [0.1, 0.15) is 26.7 Å². The first-order valence-corrected chi connectivity index (χ1v) is 3.29. The van der Waals surface area contributed by atoms with Gasteiger partial charge in [0.1, 0.15) is 0 Å². The molecule has 0 aromatic heterocycles. The fourth-order valence-corrected chi connectivity index (χ4v) is 0.569. The maximum Gasteiger partial charge on any atom is -0.00457 e. The molecule has 0 saturated carbocycles. The van der Waals surface area contributed by atoms with Crippen molar-refractivity contribution in [3.05, 3.63) is 6.42 Å². The summed E-state index contributed by atoms with van der Waals surface area (Å²) in [6.07, 6.45) is 4.57. The third-order valence-electron chi connectivity index (χ3n) is 1.11. The van der Waals surface area contributed by atoms with E-state index in [2.05, 4.69) is 20.3 Å². The van der Waals surface area contributed by atoms with E-state index in [1.54, 1.807) is 0 Å². The van der Waals surface area contributed by atoms with Gasteiger partial charge in [-0.1, -0.05) is 20.3 Å². The summed E-state index contributed by atoms with van der Waals surface area (Å²) in [6, 6.07) is 0. The molecule has 1 radical (unpaired) electrons. The van der Waals surface area contributed by atoms with Crippen molar-refractivity contribution >= 4 is 0 Å². The van der Waals surface area contributed by atoms with Crippen molar-refractivity contribution < 1.29 is 0 Å². The molecule has 0 aliphatic rings. The highest BCUT2D eigenvalue weighted by Crippen LogP contribution is 2.03. The van der Waals surface area contributed by atoms with E-state index in [0.717, 1.165) is 12.5 Å². The van der Waals surface area contributed by atoms with Gasteiger partial charge in [-0.15, -0.1) is 0 Å². The Hall–Kier alpha value is -0.0400. The molecule has 0 aromatic carbocycles. The Morgan fingerprint density at radius 3 is 2.50 bits per heavy atom. The topological polar surface area (TPSA) is 26.0 Å². The van der Waals surface area contributed by atoms with E-state index in [-0.39, 0.29) is 0 Å². The molecule has 0 spiro atoms. The molecule has 0 fully saturated rings. The largest absolute Gasteiger partial charge is 0.330 e. The van der Waals surface area contributed by atoms with Crippen LogP contribution in [0.25, 0.3) is 0 Å². The zero-order valence-electron chi connectivity index (χ0n) is 5.85. The SMILES string of the molecule is CC(C)CC[CH]CN. The second kappa shape index (κ2) is 5.10. The maximum absolute atomic E-state index is 5.26. The summed E-state index contributed by atoms with van der Waals surface area (Å²) >= 11 is 0. The van der Waals surface area contributed by atoms with Crippen molar-refractivity contribution in [1.82, 2.24) is 0 Å². The van der Waals surface area contributed by atoms with E-state index >= 15 is 0 Å². The number of unbranched alkanes of at least 4 members (excludes halogenated alkanes) is 1. The van der Waals surface area contributed by atoms with Crippen LogP contribution >= 0.6 is 0 Å². The number of nitrogens with two attached hydrogens (primary N) is 1. The summed E-state index contributed by atoms with van der Waals surface area (Å²) in [6.45, 7) is 5.18. The van der Waals surface area contributed by atoms with Gasteiger partial charge in [-0.3, -0.25) is 0 Å². The molecule has 0 rings (SSSR count). The van der Waals surface area contributed by atoms with E-state index in [1.807, 2.05) is 0 Å². The van der Waals surface area contributed by atoms with E-state index < -0.39 is 0 Å². The zero-order chi connectivity index (χ0) is 6.41. The predicted octanol–water partition coefficient (Wildman–Crippen LogP) is 1.59. The van der Waals surface area contributed by atoms with Crippen molar-refractivity contribution in [3.8, 4) is 0 Å². The zero-order valence-corrected chi connectivity index (χ0v) is 5.85. The summed E-state index contributed by atoms with van der Waals surface area (Å²) < 4.78 is 0. The first-order chi connectivity index (χ1) is 3.77. The van der Waals surface area contributed by atoms with Gasteiger partial charge in [0.15, 0.2) is 0 Å². The number of rotatable bonds is 4. The van der Waals surface area contributed by atoms with Crippen LogP contribution in [0.3, 0.4) is 0 Å². The van der Waals surface area contributed by atoms with Gasteiger partial charge in [-0.25, -0.2) is 0 Å². The lowest BCUT2D eigenvalue weighted by molar-refractivity contribution is 0.579. The van der Waals surface area contributed by atoms with Crippen LogP contribution in [0.4, 0.5) is 0 Å². The quantitative estimate of drug-likeness (QED) is 0.552. The molecule has 0 aliphatic carbocycles. The van der Waals surface area contributed by atoms with E-state index in [9.17, 15) is 0 Å². The molecule has 0 bridgehead atoms. The minimum atomic E-state index is 0.729. The summed E-state index contributed by atoms with van der Waals surface area (Å²) in [7, 11) is 0. The molecule has 0 saturated heterocycles. The normalized spacial score (nSPS) is 10.5. The second-order valence-corrected chi connectivity index (χ2v) is 2.50. The van der Waals surface area contributed by atoms with Crippen LogP contribution in [-0.4, -0.2) is 6.54 Å². The maximum atomic E-state index is 5.26. The fraction of sp³-hybridized carbons (Fsp3) is 0.857. The molecule has 0 aliphatic heterocycles. The highest BCUT2D eigenvalue weighted by molar-refractivity contribution is 4.64. The Bertz CT molecular complexity index is 41.7. The molecule has 0 amide bonds. The summed E-state index contributed by atoms with van der Waals surface area (Å²) in [5, 5.41) is 0. The van der Waals surface area contributed by atoms with Crippen LogP contribution < -0.4 is 5.73 Å². The first-order valence-electron chi connectivity index (χ1n) is 3.29. The van der Waals surface area contributed by atoms with E-state index in [4.69, 9.17) is 5.73 Å². The lowest BCUT2D eigenvalue weighted by Gasteiger charge is -2.00. The Morgan fingerprint density at radius 2 is 2.12 bits per heavy atom. The molecular weight excluding hydrogens is 98.1 g/mol. The molecule has 49 valence electrons. The van der Waals surface area contributed by atoms with Crippen molar-refractivity contribution in [3.63, 3.8) is 0 Å². The molecule has 0 unspecified atom stereocenters. The van der Waals surface area contributed by atoms with Crippen molar-refractivity contribution in [2.24, 2.45) is 11.7 Å². The monoisotopic (exact) mass is 114 g/mol. The average Bonchev–Trinajstić information content (AvgIpc) is 1.66. The van der Waals surface area contributed by atoms with Gasteiger partial charge >= 0.3 is 0 Å². The minimum absolute atomic E-state index is 0.729. The molecule has 8 heavy (non-hydrogen) atoms. The van der Waals surface area contributed by atoms with Crippen LogP contribution in [0, 0.1) is 12.3 Å². The molecule has 1 heteroatoms. The average molecular weight is 114 g/mol. The van der Waals surface area contributed by atoms with Crippen LogP contribution in [-0.2, 0) is 0 Å². The third-order valence-corrected chi connectivity index (χ3v) is 1.11. The Balaban J connectivity index is 2.72. The predicted molar refractivity (Wildman–Crippen MR) is 37.4 cm³/mol. The Labute approximate surface area is 52.3 Å². The van der Waals surface area contributed by atoms with Gasteiger partial charge in [-0.05, 0) is 25.3 Å². The number of hydrogen-bond acceptors (Lipinski definition) is 1. The molecule has 1 nitrogen and oxygen atoms in total. The molecule has 0 aromatic rings. The fourth-order valence-electron chi connectivity index (χ4n) is 0.569. The first kappa shape index (κ1) is 7.96. The van der Waals surface area contributed by atoms with Gasteiger partial charge in [0.2, 0.25) is 0 Å². The highest BCUT2D eigenvalue weighted by atomic mass is 14.5. The third kappa shape index (κ3) is 5.96. The molecule has 2 N–H and O–H groups in total. The van der Waals surface area contributed by atoms with E-state index in [1.165, 1.54) is 12.8 Å². The van der Waals surface area contributed by atoms with Crippen LogP contribution in [0.2, 0.25) is 0 Å². The smallest absolute Gasteiger partial charge is 0.00457 e. The van der Waals surface area contributed by atoms with Crippen molar-refractivity contribution in [2.45, 2.75) is 26.7 Å². The summed E-state index contributed by atoms with van der Waals surface area (Å²) in [5.41, 5.74) is 5.26. The van der Waals surface area contributed by atoms with Gasteiger partial charge in [-0.2, -0.15) is 0 Å².